The summed E-state index contributed by atoms with van der Waals surface area (Å²) < 4.78 is 35.8. The predicted molar refractivity (Wildman–Crippen MR) is 118 cm³/mol. The number of hydrazone groups is 1. The Labute approximate surface area is 181 Å². The first-order valence-corrected chi connectivity index (χ1v) is 10.9. The quantitative estimate of drug-likeness (QED) is 0.408. The molecule has 0 spiro atoms. The van der Waals surface area contributed by atoms with Gasteiger partial charge in [0, 0.05) is 5.02 Å². The molecule has 0 saturated heterocycles. The lowest BCUT2D eigenvalue weighted by atomic mass is 10.2. The summed E-state index contributed by atoms with van der Waals surface area (Å²) >= 11 is 5.90. The summed E-state index contributed by atoms with van der Waals surface area (Å²) in [5.41, 5.74) is 2.57. The molecule has 0 saturated carbocycles. The SMILES string of the molecule is COc1ccc(/C=N/NS(=O)(=O)c2ccc(C)cc2)cc1OCc1ccc(Cl)cc1. The number of hydrogen-bond donors (Lipinski definition) is 1. The van der Waals surface area contributed by atoms with Crippen molar-refractivity contribution in [1.82, 2.24) is 4.83 Å². The molecule has 6 nitrogen and oxygen atoms in total. The van der Waals surface area contributed by atoms with Gasteiger partial charge in [-0.1, -0.05) is 41.4 Å². The van der Waals surface area contributed by atoms with E-state index in [-0.39, 0.29) is 4.90 Å². The Bertz CT molecular complexity index is 1130. The summed E-state index contributed by atoms with van der Waals surface area (Å²) in [5, 5.41) is 4.52. The standard InChI is InChI=1S/C22H21ClN2O4S/c1-16-3-10-20(11-4-16)30(26,27)25-24-14-18-7-12-21(28-2)22(13-18)29-15-17-5-8-19(23)9-6-17/h3-14,25H,15H2,1-2H3/b24-14+. The van der Waals surface area contributed by atoms with Gasteiger partial charge >= 0.3 is 0 Å². The lowest BCUT2D eigenvalue weighted by Crippen LogP contribution is -2.18. The van der Waals surface area contributed by atoms with E-state index in [2.05, 4.69) is 9.93 Å². The first-order valence-electron chi connectivity index (χ1n) is 9.04. The van der Waals surface area contributed by atoms with Crippen LogP contribution < -0.4 is 14.3 Å². The van der Waals surface area contributed by atoms with Crippen LogP contribution in [0.25, 0.3) is 0 Å². The van der Waals surface area contributed by atoms with Crippen LogP contribution in [-0.4, -0.2) is 21.7 Å². The normalized spacial score (nSPS) is 11.4. The highest BCUT2D eigenvalue weighted by Gasteiger charge is 2.12. The number of aryl methyl sites for hydroxylation is 1. The average molecular weight is 445 g/mol. The maximum absolute atomic E-state index is 12.3. The zero-order valence-corrected chi connectivity index (χ0v) is 18.1. The number of ether oxygens (including phenoxy) is 2. The third-order valence-corrected chi connectivity index (χ3v) is 5.70. The highest BCUT2D eigenvalue weighted by atomic mass is 35.5. The number of halogens is 1. The van der Waals surface area contributed by atoms with Crippen LogP contribution in [0.15, 0.2) is 76.7 Å². The number of methoxy groups -OCH3 is 1. The molecule has 0 aliphatic rings. The second kappa shape index (κ2) is 9.65. The highest BCUT2D eigenvalue weighted by molar-refractivity contribution is 7.89. The van der Waals surface area contributed by atoms with Gasteiger partial charge in [0.1, 0.15) is 6.61 Å². The second-order valence-electron chi connectivity index (χ2n) is 6.49. The van der Waals surface area contributed by atoms with Crippen molar-refractivity contribution in [3.8, 4) is 11.5 Å². The molecule has 0 bridgehead atoms. The van der Waals surface area contributed by atoms with Crippen LogP contribution in [0, 0.1) is 6.92 Å². The number of rotatable bonds is 8. The van der Waals surface area contributed by atoms with E-state index in [1.165, 1.54) is 18.3 Å². The summed E-state index contributed by atoms with van der Waals surface area (Å²) in [7, 11) is -2.19. The van der Waals surface area contributed by atoms with E-state index in [9.17, 15) is 8.42 Å². The van der Waals surface area contributed by atoms with Crippen LogP contribution in [0.4, 0.5) is 0 Å². The number of benzene rings is 3. The number of nitrogens with one attached hydrogen (secondary N) is 1. The Morgan fingerprint density at radius 3 is 2.37 bits per heavy atom. The first-order chi connectivity index (χ1) is 14.4. The van der Waals surface area contributed by atoms with Crippen molar-refractivity contribution in [2.24, 2.45) is 5.10 Å². The molecular formula is C22H21ClN2O4S. The van der Waals surface area contributed by atoms with Crippen molar-refractivity contribution in [3.63, 3.8) is 0 Å². The highest BCUT2D eigenvalue weighted by Crippen LogP contribution is 2.28. The largest absolute Gasteiger partial charge is 0.493 e. The van der Waals surface area contributed by atoms with E-state index in [0.29, 0.717) is 28.7 Å². The van der Waals surface area contributed by atoms with Crippen LogP contribution in [0.2, 0.25) is 5.02 Å². The van der Waals surface area contributed by atoms with E-state index in [0.717, 1.165) is 11.1 Å². The molecule has 0 unspecified atom stereocenters. The Kier molecular flexibility index (Phi) is 6.97. The van der Waals surface area contributed by atoms with Gasteiger partial charge in [-0.15, -0.1) is 0 Å². The molecule has 0 radical (unpaired) electrons. The zero-order valence-electron chi connectivity index (χ0n) is 16.5. The lowest BCUT2D eigenvalue weighted by Gasteiger charge is -2.11. The smallest absolute Gasteiger partial charge is 0.276 e. The summed E-state index contributed by atoms with van der Waals surface area (Å²) in [6.45, 7) is 2.21. The van der Waals surface area contributed by atoms with Gasteiger partial charge in [0.25, 0.3) is 10.0 Å². The van der Waals surface area contributed by atoms with Gasteiger partial charge in [0.05, 0.1) is 18.2 Å². The molecular weight excluding hydrogens is 424 g/mol. The van der Waals surface area contributed by atoms with Gasteiger partial charge in [-0.3, -0.25) is 0 Å². The molecule has 3 rings (SSSR count). The monoisotopic (exact) mass is 444 g/mol. The van der Waals surface area contributed by atoms with E-state index >= 15 is 0 Å². The van der Waals surface area contributed by atoms with E-state index in [1.54, 1.807) is 49.6 Å². The van der Waals surface area contributed by atoms with Gasteiger partial charge in [-0.25, -0.2) is 4.83 Å². The summed E-state index contributed by atoms with van der Waals surface area (Å²) in [6.07, 6.45) is 1.40. The Morgan fingerprint density at radius 1 is 1.00 bits per heavy atom. The minimum atomic E-state index is -3.73. The number of nitrogens with zero attached hydrogens (tertiary/aromatic N) is 1. The number of hydrogen-bond acceptors (Lipinski definition) is 5. The predicted octanol–water partition coefficient (Wildman–Crippen LogP) is 4.55. The fraction of sp³-hybridized carbons (Fsp3) is 0.136. The van der Waals surface area contributed by atoms with Crippen LogP contribution in [0.3, 0.4) is 0 Å². The van der Waals surface area contributed by atoms with Crippen molar-refractivity contribution in [1.29, 1.82) is 0 Å². The van der Waals surface area contributed by atoms with Crippen LogP contribution in [0.5, 0.6) is 11.5 Å². The Balaban J connectivity index is 1.70. The average Bonchev–Trinajstić information content (AvgIpc) is 2.73. The van der Waals surface area contributed by atoms with Crippen LogP contribution in [-0.2, 0) is 16.6 Å². The minimum absolute atomic E-state index is 0.145. The molecule has 156 valence electrons. The molecule has 8 heteroatoms. The lowest BCUT2D eigenvalue weighted by molar-refractivity contribution is 0.284. The van der Waals surface area contributed by atoms with Crippen molar-refractivity contribution >= 4 is 27.8 Å². The van der Waals surface area contributed by atoms with Crippen LogP contribution >= 0.6 is 11.6 Å². The molecule has 0 fully saturated rings. The first kappa shape index (κ1) is 21.7. The Morgan fingerprint density at radius 2 is 1.70 bits per heavy atom. The molecule has 1 N–H and O–H groups in total. The molecule has 0 atom stereocenters. The van der Waals surface area contributed by atoms with Gasteiger partial charge < -0.3 is 9.47 Å². The topological polar surface area (TPSA) is 77.0 Å². The molecule has 30 heavy (non-hydrogen) atoms. The molecule has 3 aromatic carbocycles. The van der Waals surface area contributed by atoms with Crippen molar-refractivity contribution in [2.75, 3.05) is 7.11 Å². The fourth-order valence-electron chi connectivity index (χ4n) is 2.57. The van der Waals surface area contributed by atoms with Crippen molar-refractivity contribution in [3.05, 3.63) is 88.4 Å². The molecule has 0 aliphatic heterocycles. The van der Waals surface area contributed by atoms with Gasteiger partial charge in [-0.2, -0.15) is 13.5 Å². The summed E-state index contributed by atoms with van der Waals surface area (Å²) in [5.74, 6) is 1.07. The van der Waals surface area contributed by atoms with Crippen LogP contribution in [0.1, 0.15) is 16.7 Å². The maximum atomic E-state index is 12.3. The van der Waals surface area contributed by atoms with Gasteiger partial charge in [0.2, 0.25) is 0 Å². The molecule has 0 aliphatic carbocycles. The van der Waals surface area contributed by atoms with Crippen molar-refractivity contribution < 1.29 is 17.9 Å². The molecule has 0 amide bonds. The zero-order chi connectivity index (χ0) is 21.6. The third kappa shape index (κ3) is 5.75. The maximum Gasteiger partial charge on any atom is 0.276 e. The van der Waals surface area contributed by atoms with E-state index in [4.69, 9.17) is 21.1 Å². The van der Waals surface area contributed by atoms with Crippen molar-refractivity contribution in [2.45, 2.75) is 18.4 Å². The third-order valence-electron chi connectivity index (χ3n) is 4.21. The fourth-order valence-corrected chi connectivity index (χ4v) is 3.49. The van der Waals surface area contributed by atoms with Gasteiger partial charge in [0.15, 0.2) is 11.5 Å². The molecule has 0 heterocycles. The van der Waals surface area contributed by atoms with E-state index < -0.39 is 10.0 Å². The summed E-state index contributed by atoms with van der Waals surface area (Å²) in [6, 6.07) is 19.1. The minimum Gasteiger partial charge on any atom is -0.493 e. The molecule has 3 aromatic rings. The number of sulfonamides is 1. The van der Waals surface area contributed by atoms with Gasteiger partial charge in [-0.05, 0) is 60.5 Å². The van der Waals surface area contributed by atoms with E-state index in [1.807, 2.05) is 19.1 Å². The second-order valence-corrected chi connectivity index (χ2v) is 8.59. The Hall–Kier alpha value is -3.03. The molecule has 0 aromatic heterocycles. The summed E-state index contributed by atoms with van der Waals surface area (Å²) in [4.78, 5) is 2.36.